The minimum absolute atomic E-state index is 0.369. The minimum atomic E-state index is 0.369. The summed E-state index contributed by atoms with van der Waals surface area (Å²) in [5, 5.41) is 0. The van der Waals surface area contributed by atoms with Gasteiger partial charge in [0.1, 0.15) is 0 Å². The van der Waals surface area contributed by atoms with Gasteiger partial charge < -0.3 is 4.74 Å². The van der Waals surface area contributed by atoms with E-state index in [4.69, 9.17) is 16.3 Å². The highest BCUT2D eigenvalue weighted by Crippen LogP contribution is 1.99. The van der Waals surface area contributed by atoms with E-state index >= 15 is 0 Å². The quantitative estimate of drug-likeness (QED) is 0.538. The van der Waals surface area contributed by atoms with E-state index in [1.54, 1.807) is 7.11 Å². The lowest BCUT2D eigenvalue weighted by Gasteiger charge is -2.05. The van der Waals surface area contributed by atoms with Crippen molar-refractivity contribution in [1.29, 1.82) is 0 Å². The molecule has 0 fully saturated rings. The van der Waals surface area contributed by atoms with E-state index in [0.717, 1.165) is 18.7 Å². The van der Waals surface area contributed by atoms with Crippen LogP contribution in [0.3, 0.4) is 0 Å². The van der Waals surface area contributed by atoms with Crippen molar-refractivity contribution in [2.24, 2.45) is 0 Å². The summed E-state index contributed by atoms with van der Waals surface area (Å²) < 4.78 is 4.99. The summed E-state index contributed by atoms with van der Waals surface area (Å²) >= 11 is 5.45. The van der Waals surface area contributed by atoms with Gasteiger partial charge in [-0.1, -0.05) is 0 Å². The van der Waals surface area contributed by atoms with Crippen molar-refractivity contribution >= 4 is 11.6 Å². The Kier molecular flexibility index (Phi) is 5.56. The van der Waals surface area contributed by atoms with Gasteiger partial charge in [0.15, 0.2) is 0 Å². The monoisotopic (exact) mass is 136 g/mol. The first-order chi connectivity index (χ1) is 3.81. The summed E-state index contributed by atoms with van der Waals surface area (Å²) in [5.74, 6) is 0.744. The summed E-state index contributed by atoms with van der Waals surface area (Å²) in [6, 6.07) is 0. The van der Waals surface area contributed by atoms with Crippen LogP contribution in [0.25, 0.3) is 0 Å². The highest BCUT2D eigenvalue weighted by Gasteiger charge is 1.95. The second kappa shape index (κ2) is 5.39. The lowest BCUT2D eigenvalue weighted by molar-refractivity contribution is 0.110. The van der Waals surface area contributed by atoms with Gasteiger partial charge in [-0.2, -0.15) is 0 Å². The van der Waals surface area contributed by atoms with E-state index in [-0.39, 0.29) is 0 Å². The molecule has 0 saturated carbocycles. The Balaban J connectivity index is 2.86. The maximum Gasteiger partial charge on any atom is 0.0543 e. The van der Waals surface area contributed by atoms with Crippen molar-refractivity contribution in [3.05, 3.63) is 0 Å². The average Bonchev–Trinajstić information content (AvgIpc) is 1.83. The van der Waals surface area contributed by atoms with Crippen molar-refractivity contribution < 1.29 is 4.74 Å². The Hall–Kier alpha value is 0.250. The molecular weight excluding hydrogens is 124 g/mol. The molecular formula is C6H13ClO. The van der Waals surface area contributed by atoms with E-state index in [1.807, 2.05) is 6.92 Å². The van der Waals surface area contributed by atoms with Crippen molar-refractivity contribution in [3.63, 3.8) is 0 Å². The number of ether oxygens (including phenoxy) is 1. The zero-order valence-corrected chi connectivity index (χ0v) is 6.24. The molecule has 0 spiro atoms. The van der Waals surface area contributed by atoms with Gasteiger partial charge in [-0.3, -0.25) is 0 Å². The van der Waals surface area contributed by atoms with Gasteiger partial charge in [0.2, 0.25) is 0 Å². The first-order valence-electron chi connectivity index (χ1n) is 2.90. The third-order valence-electron chi connectivity index (χ3n) is 1.15. The molecule has 0 unspecified atom stereocenters. The number of hydrogen-bond donors (Lipinski definition) is 0. The van der Waals surface area contributed by atoms with Crippen LogP contribution >= 0.6 is 11.6 Å². The topological polar surface area (TPSA) is 9.23 Å². The van der Waals surface area contributed by atoms with Gasteiger partial charge in [-0.05, 0) is 19.8 Å². The summed E-state index contributed by atoms with van der Waals surface area (Å²) in [4.78, 5) is 0. The van der Waals surface area contributed by atoms with Crippen LogP contribution in [0.1, 0.15) is 19.8 Å². The molecule has 1 nitrogen and oxygen atoms in total. The van der Waals surface area contributed by atoms with Crippen LogP contribution in [0.4, 0.5) is 0 Å². The highest BCUT2D eigenvalue weighted by atomic mass is 35.5. The fourth-order valence-corrected chi connectivity index (χ4v) is 0.637. The molecule has 0 heterocycles. The van der Waals surface area contributed by atoms with Crippen molar-refractivity contribution in [1.82, 2.24) is 0 Å². The van der Waals surface area contributed by atoms with Crippen LogP contribution in [0, 0.1) is 0 Å². The fourth-order valence-electron chi connectivity index (χ4n) is 0.482. The molecule has 0 aromatic carbocycles. The zero-order valence-electron chi connectivity index (χ0n) is 5.48. The second-order valence-electron chi connectivity index (χ2n) is 1.88. The van der Waals surface area contributed by atoms with Crippen molar-refractivity contribution in [2.45, 2.75) is 25.9 Å². The molecule has 0 aliphatic heterocycles. The maximum absolute atomic E-state index is 5.45. The summed E-state index contributed by atoms with van der Waals surface area (Å²) in [6.07, 6.45) is 2.49. The number of halogens is 1. The lowest BCUT2D eigenvalue weighted by atomic mass is 10.2. The van der Waals surface area contributed by atoms with Crippen LogP contribution in [0.5, 0.6) is 0 Å². The molecule has 0 amide bonds. The Bertz CT molecular complexity index is 47.8. The minimum Gasteiger partial charge on any atom is -0.382 e. The molecule has 0 rings (SSSR count). The number of hydrogen-bond acceptors (Lipinski definition) is 1. The zero-order chi connectivity index (χ0) is 6.41. The molecule has 1 atom stereocenters. The molecule has 2 heteroatoms. The summed E-state index contributed by atoms with van der Waals surface area (Å²) in [7, 11) is 1.72. The Labute approximate surface area is 56.0 Å². The third kappa shape index (κ3) is 4.41. The second-order valence-corrected chi connectivity index (χ2v) is 2.26. The Morgan fingerprint density at radius 1 is 1.62 bits per heavy atom. The first-order valence-corrected chi connectivity index (χ1v) is 3.43. The third-order valence-corrected chi connectivity index (χ3v) is 1.41. The van der Waals surface area contributed by atoms with Gasteiger partial charge in [-0.25, -0.2) is 0 Å². The van der Waals surface area contributed by atoms with E-state index in [1.165, 1.54) is 0 Å². The maximum atomic E-state index is 5.45. The Morgan fingerprint density at radius 2 is 2.25 bits per heavy atom. The molecule has 0 aliphatic carbocycles. The predicted molar refractivity (Wildman–Crippen MR) is 36.4 cm³/mol. The molecule has 0 aliphatic rings. The Morgan fingerprint density at radius 3 is 2.62 bits per heavy atom. The molecule has 8 heavy (non-hydrogen) atoms. The van der Waals surface area contributed by atoms with Crippen LogP contribution in [0.2, 0.25) is 0 Å². The van der Waals surface area contributed by atoms with Gasteiger partial charge in [-0.15, -0.1) is 11.6 Å². The average molecular weight is 137 g/mol. The largest absolute Gasteiger partial charge is 0.382 e. The molecule has 0 bridgehead atoms. The molecule has 50 valence electrons. The van der Waals surface area contributed by atoms with Crippen LogP contribution in [-0.2, 0) is 4.74 Å². The number of rotatable bonds is 4. The SMILES string of the molecule is CO[C@@H](C)CCCCl. The van der Waals surface area contributed by atoms with E-state index in [9.17, 15) is 0 Å². The molecule has 0 aromatic heterocycles. The van der Waals surface area contributed by atoms with Gasteiger partial charge >= 0.3 is 0 Å². The number of alkyl halides is 1. The molecule has 0 aromatic rings. The lowest BCUT2D eigenvalue weighted by Crippen LogP contribution is -2.03. The smallest absolute Gasteiger partial charge is 0.0543 e. The summed E-state index contributed by atoms with van der Waals surface area (Å²) in [6.45, 7) is 2.05. The van der Waals surface area contributed by atoms with Crippen LogP contribution < -0.4 is 0 Å². The predicted octanol–water partition coefficient (Wildman–Crippen LogP) is 2.04. The van der Waals surface area contributed by atoms with Crippen LogP contribution in [-0.4, -0.2) is 19.1 Å². The molecule has 0 saturated heterocycles. The van der Waals surface area contributed by atoms with Gasteiger partial charge in [0.25, 0.3) is 0 Å². The number of methoxy groups -OCH3 is 1. The fraction of sp³-hybridized carbons (Fsp3) is 1.00. The standard InChI is InChI=1S/C6H13ClO/c1-6(8-2)4-3-5-7/h6H,3-5H2,1-2H3/t6-/m0/s1. The highest BCUT2D eigenvalue weighted by molar-refractivity contribution is 6.17. The van der Waals surface area contributed by atoms with Crippen molar-refractivity contribution in [2.75, 3.05) is 13.0 Å². The molecule has 0 radical (unpaired) electrons. The molecule has 0 N–H and O–H groups in total. The first kappa shape index (κ1) is 8.25. The van der Waals surface area contributed by atoms with Gasteiger partial charge in [0, 0.05) is 13.0 Å². The van der Waals surface area contributed by atoms with E-state index in [0.29, 0.717) is 6.10 Å². The van der Waals surface area contributed by atoms with E-state index < -0.39 is 0 Å². The normalized spacial score (nSPS) is 13.9. The van der Waals surface area contributed by atoms with Crippen molar-refractivity contribution in [3.8, 4) is 0 Å². The summed E-state index contributed by atoms with van der Waals surface area (Å²) in [5.41, 5.74) is 0. The van der Waals surface area contributed by atoms with Gasteiger partial charge in [0.05, 0.1) is 6.10 Å². The van der Waals surface area contributed by atoms with E-state index in [2.05, 4.69) is 0 Å². The van der Waals surface area contributed by atoms with Crippen LogP contribution in [0.15, 0.2) is 0 Å².